The quantitative estimate of drug-likeness (QED) is 0.412. The Hall–Kier alpha value is -3.67. The van der Waals surface area contributed by atoms with Crippen molar-refractivity contribution in [3.63, 3.8) is 0 Å². The van der Waals surface area contributed by atoms with Gasteiger partial charge in [-0.1, -0.05) is 60.8 Å². The van der Waals surface area contributed by atoms with Crippen LogP contribution in [0, 0.1) is 19.3 Å². The highest BCUT2D eigenvalue weighted by Gasteiger charge is 2.39. The highest BCUT2D eigenvalue weighted by molar-refractivity contribution is 5.96. The number of rotatable bonds is 7. The molecule has 2 aromatic carbocycles. The zero-order chi connectivity index (χ0) is 24.1. The van der Waals surface area contributed by atoms with Gasteiger partial charge in [-0.05, 0) is 68.0 Å². The smallest absolute Gasteiger partial charge is 0.328 e. The molecule has 176 valence electrons. The maximum Gasteiger partial charge on any atom is 0.328 e. The van der Waals surface area contributed by atoms with Gasteiger partial charge in [-0.25, -0.2) is 4.79 Å². The van der Waals surface area contributed by atoms with Crippen molar-refractivity contribution in [1.82, 2.24) is 5.16 Å². The Bertz CT molecular complexity index is 1180. The molecule has 0 radical (unpaired) electrons. The van der Waals surface area contributed by atoms with Gasteiger partial charge >= 0.3 is 5.97 Å². The second-order valence-corrected chi connectivity index (χ2v) is 9.17. The van der Waals surface area contributed by atoms with Crippen LogP contribution in [0.2, 0.25) is 0 Å². The molecule has 0 saturated heterocycles. The van der Waals surface area contributed by atoms with Gasteiger partial charge in [0, 0.05) is 17.3 Å². The van der Waals surface area contributed by atoms with E-state index in [0.717, 1.165) is 71.9 Å². The number of amides is 1. The van der Waals surface area contributed by atoms with Gasteiger partial charge in [0.25, 0.3) is 0 Å². The van der Waals surface area contributed by atoms with Gasteiger partial charge in [0.2, 0.25) is 5.91 Å². The van der Waals surface area contributed by atoms with E-state index in [0.29, 0.717) is 12.1 Å². The van der Waals surface area contributed by atoms with Gasteiger partial charge in [0.15, 0.2) is 0 Å². The Morgan fingerprint density at radius 3 is 2.47 bits per heavy atom. The summed E-state index contributed by atoms with van der Waals surface area (Å²) in [6.45, 7) is 3.85. The first kappa shape index (κ1) is 23.5. The molecule has 6 nitrogen and oxygen atoms in total. The monoisotopic (exact) mass is 458 g/mol. The van der Waals surface area contributed by atoms with Crippen molar-refractivity contribution in [1.29, 1.82) is 0 Å². The largest absolute Gasteiger partial charge is 0.478 e. The number of anilines is 1. The van der Waals surface area contributed by atoms with Gasteiger partial charge in [0.1, 0.15) is 5.76 Å². The molecule has 34 heavy (non-hydrogen) atoms. The summed E-state index contributed by atoms with van der Waals surface area (Å²) in [6.07, 6.45) is 8.21. The number of aryl methyl sites for hydroxylation is 2. The van der Waals surface area contributed by atoms with E-state index in [1.807, 2.05) is 32.0 Å². The lowest BCUT2D eigenvalue weighted by atomic mass is 9.69. The van der Waals surface area contributed by atoms with Crippen molar-refractivity contribution >= 4 is 23.6 Å². The first-order chi connectivity index (χ1) is 16.4. The lowest BCUT2D eigenvalue weighted by Gasteiger charge is -2.36. The zero-order valence-corrected chi connectivity index (χ0v) is 19.6. The van der Waals surface area contributed by atoms with E-state index in [1.54, 1.807) is 6.07 Å². The van der Waals surface area contributed by atoms with Gasteiger partial charge in [-0.3, -0.25) is 4.79 Å². The molecule has 1 aliphatic rings. The molecular weight excluding hydrogens is 428 g/mol. The summed E-state index contributed by atoms with van der Waals surface area (Å²) in [5.74, 6) is -0.175. The summed E-state index contributed by atoms with van der Waals surface area (Å²) in [4.78, 5) is 24.4. The third kappa shape index (κ3) is 5.28. The number of carbonyl (C=O) groups is 2. The summed E-state index contributed by atoms with van der Waals surface area (Å²) in [5, 5.41) is 16.0. The number of aliphatic carboxylic acids is 1. The summed E-state index contributed by atoms with van der Waals surface area (Å²) >= 11 is 0. The van der Waals surface area contributed by atoms with Gasteiger partial charge in [0.05, 0.1) is 11.1 Å². The number of hydrogen-bond acceptors (Lipinski definition) is 4. The first-order valence-electron chi connectivity index (χ1n) is 11.7. The van der Waals surface area contributed by atoms with E-state index in [2.05, 4.69) is 34.7 Å². The van der Waals surface area contributed by atoms with Crippen LogP contribution in [0.5, 0.6) is 0 Å². The van der Waals surface area contributed by atoms with Crippen LogP contribution in [0.4, 0.5) is 5.69 Å². The molecule has 0 spiro atoms. The Kier molecular flexibility index (Phi) is 6.96. The Labute approximate surface area is 199 Å². The number of nitrogens with one attached hydrogen (secondary N) is 1. The standard InChI is InChI=1S/C28H30N2O4/c1-19-26(20(2)34-30-19)23-12-9-22(10-13-23)18-28(15-4-3-5-16-28)27(33)29-24-8-6-7-21(17-24)11-14-25(31)32/h6-14,17H,3-5,15-16,18H2,1-2H3,(H,29,33)(H,31,32)/b14-11+. The number of nitrogens with zero attached hydrogens (tertiary/aromatic N) is 1. The summed E-state index contributed by atoms with van der Waals surface area (Å²) in [5.41, 5.74) is 5.03. The molecule has 1 fully saturated rings. The average Bonchev–Trinajstić information content (AvgIpc) is 3.17. The number of carboxylic acid groups (broad SMARTS) is 1. The fourth-order valence-electron chi connectivity index (χ4n) is 4.94. The maximum absolute atomic E-state index is 13.6. The average molecular weight is 459 g/mol. The molecule has 3 aromatic rings. The van der Waals surface area contributed by atoms with Gasteiger partial charge < -0.3 is 14.9 Å². The van der Waals surface area contributed by atoms with Crippen LogP contribution in [0.1, 0.15) is 54.7 Å². The van der Waals surface area contributed by atoms with Crippen molar-refractivity contribution in [2.24, 2.45) is 5.41 Å². The van der Waals surface area contributed by atoms with E-state index in [-0.39, 0.29) is 5.91 Å². The fourth-order valence-corrected chi connectivity index (χ4v) is 4.94. The zero-order valence-electron chi connectivity index (χ0n) is 19.6. The second-order valence-electron chi connectivity index (χ2n) is 9.17. The van der Waals surface area contributed by atoms with Crippen molar-refractivity contribution < 1.29 is 19.2 Å². The fraction of sp³-hybridized carbons (Fsp3) is 0.321. The number of aromatic nitrogens is 1. The Balaban J connectivity index is 1.54. The third-order valence-electron chi connectivity index (χ3n) is 6.67. The van der Waals surface area contributed by atoms with Crippen LogP contribution in [0.3, 0.4) is 0 Å². The van der Waals surface area contributed by atoms with E-state index < -0.39 is 11.4 Å². The van der Waals surface area contributed by atoms with Gasteiger partial charge in [-0.2, -0.15) is 0 Å². The van der Waals surface area contributed by atoms with Crippen molar-refractivity contribution in [3.05, 3.63) is 77.2 Å². The minimum atomic E-state index is -1.00. The highest BCUT2D eigenvalue weighted by Crippen LogP contribution is 2.41. The second kappa shape index (κ2) is 10.1. The minimum Gasteiger partial charge on any atom is -0.478 e. The van der Waals surface area contributed by atoms with Crippen LogP contribution in [-0.2, 0) is 16.0 Å². The molecule has 1 saturated carbocycles. The van der Waals surface area contributed by atoms with Crippen molar-refractivity contribution in [3.8, 4) is 11.1 Å². The SMILES string of the molecule is Cc1noc(C)c1-c1ccc(CC2(C(=O)Nc3cccc(/C=C/C(=O)O)c3)CCCCC2)cc1. The molecule has 0 bridgehead atoms. The molecule has 0 atom stereocenters. The van der Waals surface area contributed by atoms with Crippen LogP contribution in [0.25, 0.3) is 17.2 Å². The molecule has 1 heterocycles. The molecule has 6 heteroatoms. The van der Waals surface area contributed by atoms with Gasteiger partial charge in [-0.15, -0.1) is 0 Å². The third-order valence-corrected chi connectivity index (χ3v) is 6.67. The van der Waals surface area contributed by atoms with E-state index in [9.17, 15) is 9.59 Å². The lowest BCUT2D eigenvalue weighted by molar-refractivity contribution is -0.131. The molecule has 1 aliphatic carbocycles. The topological polar surface area (TPSA) is 92.4 Å². The molecule has 4 rings (SSSR count). The Morgan fingerprint density at radius 1 is 1.09 bits per heavy atom. The maximum atomic E-state index is 13.6. The predicted octanol–water partition coefficient (Wildman–Crippen LogP) is 6.19. The van der Waals surface area contributed by atoms with E-state index in [1.165, 1.54) is 6.08 Å². The molecule has 1 amide bonds. The molecule has 0 unspecified atom stereocenters. The Morgan fingerprint density at radius 2 is 1.82 bits per heavy atom. The van der Waals surface area contributed by atoms with Crippen LogP contribution in [0.15, 0.2) is 59.1 Å². The molecule has 2 N–H and O–H groups in total. The summed E-state index contributed by atoms with van der Waals surface area (Å²) < 4.78 is 5.30. The number of carbonyl (C=O) groups excluding carboxylic acids is 1. The normalized spacial score (nSPS) is 15.4. The molecular formula is C28H30N2O4. The molecule has 0 aliphatic heterocycles. The van der Waals surface area contributed by atoms with E-state index >= 15 is 0 Å². The van der Waals surface area contributed by atoms with Crippen LogP contribution >= 0.6 is 0 Å². The molecule has 1 aromatic heterocycles. The van der Waals surface area contributed by atoms with Crippen molar-refractivity contribution in [2.45, 2.75) is 52.4 Å². The van der Waals surface area contributed by atoms with Crippen molar-refractivity contribution in [2.75, 3.05) is 5.32 Å². The number of benzene rings is 2. The number of hydrogen-bond donors (Lipinski definition) is 2. The highest BCUT2D eigenvalue weighted by atomic mass is 16.5. The summed E-state index contributed by atoms with van der Waals surface area (Å²) in [6, 6.07) is 15.6. The number of carboxylic acids is 1. The van der Waals surface area contributed by atoms with Crippen LogP contribution in [-0.4, -0.2) is 22.1 Å². The lowest BCUT2D eigenvalue weighted by Crippen LogP contribution is -2.40. The first-order valence-corrected chi connectivity index (χ1v) is 11.7. The predicted molar refractivity (Wildman–Crippen MR) is 132 cm³/mol. The van der Waals surface area contributed by atoms with E-state index in [4.69, 9.17) is 9.63 Å². The van der Waals surface area contributed by atoms with Crippen LogP contribution < -0.4 is 5.32 Å². The summed E-state index contributed by atoms with van der Waals surface area (Å²) in [7, 11) is 0. The minimum absolute atomic E-state index is 0.0290.